The molecule has 0 bridgehead atoms. The first kappa shape index (κ1) is 18.9. The predicted octanol–water partition coefficient (Wildman–Crippen LogP) is 3.29. The highest BCUT2D eigenvalue weighted by atomic mass is 32.1. The van der Waals surface area contributed by atoms with Gasteiger partial charge in [0.15, 0.2) is 0 Å². The molecule has 1 N–H and O–H groups in total. The average Bonchev–Trinajstić information content (AvgIpc) is 3.27. The number of fused-ring (bicyclic) bond motifs is 1. The van der Waals surface area contributed by atoms with Crippen LogP contribution in [0.3, 0.4) is 0 Å². The van der Waals surface area contributed by atoms with Crippen LogP contribution in [0.5, 0.6) is 0 Å². The first-order valence-electron chi connectivity index (χ1n) is 9.02. The number of nitrogens with zero attached hydrogens (tertiary/aromatic N) is 3. The molecule has 1 unspecified atom stereocenters. The first-order valence-corrected chi connectivity index (χ1v) is 9.90. The summed E-state index contributed by atoms with van der Waals surface area (Å²) in [7, 11) is 0. The molecule has 8 heteroatoms. The summed E-state index contributed by atoms with van der Waals surface area (Å²) in [4.78, 5) is 26.0. The maximum Gasteiger partial charge on any atom is 0.277 e. The molecule has 0 aliphatic rings. The van der Waals surface area contributed by atoms with Crippen LogP contribution in [0.4, 0.5) is 4.39 Å². The molecule has 2 heterocycles. The van der Waals surface area contributed by atoms with Gasteiger partial charge in [0.25, 0.3) is 5.56 Å². The van der Waals surface area contributed by atoms with E-state index < -0.39 is 0 Å². The minimum absolute atomic E-state index is 0.0655. The van der Waals surface area contributed by atoms with Crippen LogP contribution in [0.2, 0.25) is 0 Å². The van der Waals surface area contributed by atoms with Crippen molar-refractivity contribution in [3.63, 3.8) is 0 Å². The number of aromatic nitrogens is 3. The lowest BCUT2D eigenvalue weighted by molar-refractivity contribution is -0.121. The molecule has 6 nitrogen and oxygen atoms in total. The zero-order valence-electron chi connectivity index (χ0n) is 15.3. The number of nitrogens with one attached hydrogen (secondary N) is 1. The van der Waals surface area contributed by atoms with E-state index in [-0.39, 0.29) is 36.3 Å². The Morgan fingerprint density at radius 2 is 1.90 bits per heavy atom. The Bertz CT molecular complexity index is 1190. The quantitative estimate of drug-likeness (QED) is 0.531. The van der Waals surface area contributed by atoms with Crippen LogP contribution in [0.15, 0.2) is 70.8 Å². The SMILES string of the molecule is O=C(CCn1nnc2ccccc2c1=O)NC(c1ccc(F)cc1)c1cccs1. The predicted molar refractivity (Wildman–Crippen MR) is 109 cm³/mol. The van der Waals surface area contributed by atoms with Crippen molar-refractivity contribution in [3.8, 4) is 0 Å². The molecule has 1 atom stereocenters. The number of thiophene rings is 1. The fraction of sp³-hybridized carbons (Fsp3) is 0.143. The van der Waals surface area contributed by atoms with Crippen molar-refractivity contribution in [1.82, 2.24) is 20.3 Å². The van der Waals surface area contributed by atoms with Crippen LogP contribution in [0, 0.1) is 5.82 Å². The number of halogens is 1. The number of carbonyl (C=O) groups is 1. The third-order valence-electron chi connectivity index (χ3n) is 4.52. The van der Waals surface area contributed by atoms with Gasteiger partial charge >= 0.3 is 0 Å². The zero-order chi connectivity index (χ0) is 20.2. The largest absolute Gasteiger partial charge is 0.344 e. The molecule has 0 radical (unpaired) electrons. The van der Waals surface area contributed by atoms with Crippen LogP contribution in [-0.4, -0.2) is 20.9 Å². The van der Waals surface area contributed by atoms with E-state index in [1.807, 2.05) is 17.5 Å². The molecular weight excluding hydrogens is 391 g/mol. The van der Waals surface area contributed by atoms with Crippen molar-refractivity contribution >= 4 is 28.1 Å². The van der Waals surface area contributed by atoms with E-state index in [0.717, 1.165) is 10.4 Å². The van der Waals surface area contributed by atoms with Crippen molar-refractivity contribution in [2.45, 2.75) is 19.0 Å². The van der Waals surface area contributed by atoms with E-state index in [1.54, 1.807) is 36.4 Å². The number of hydrogen-bond donors (Lipinski definition) is 1. The second-order valence-corrected chi connectivity index (χ2v) is 7.43. The zero-order valence-corrected chi connectivity index (χ0v) is 16.1. The Kier molecular flexibility index (Phi) is 5.44. The summed E-state index contributed by atoms with van der Waals surface area (Å²) >= 11 is 1.50. The molecule has 4 rings (SSSR count). The smallest absolute Gasteiger partial charge is 0.277 e. The Labute approximate surface area is 169 Å². The minimum Gasteiger partial charge on any atom is -0.344 e. The highest BCUT2D eigenvalue weighted by Crippen LogP contribution is 2.26. The second kappa shape index (κ2) is 8.32. The van der Waals surface area contributed by atoms with Crippen molar-refractivity contribution in [2.24, 2.45) is 0 Å². The van der Waals surface area contributed by atoms with Gasteiger partial charge in [-0.1, -0.05) is 35.5 Å². The maximum atomic E-state index is 13.3. The first-order chi connectivity index (χ1) is 14.1. The van der Waals surface area contributed by atoms with Gasteiger partial charge in [-0.2, -0.15) is 0 Å². The summed E-state index contributed by atoms with van der Waals surface area (Å²) in [5.41, 5.74) is 1.02. The van der Waals surface area contributed by atoms with Gasteiger partial charge in [0.2, 0.25) is 5.91 Å². The third kappa shape index (κ3) is 4.22. The molecule has 0 saturated heterocycles. The molecule has 4 aromatic rings. The summed E-state index contributed by atoms with van der Waals surface area (Å²) < 4.78 is 14.5. The van der Waals surface area contributed by atoms with Crippen molar-refractivity contribution in [2.75, 3.05) is 0 Å². The van der Waals surface area contributed by atoms with Gasteiger partial charge in [0.05, 0.1) is 18.0 Å². The lowest BCUT2D eigenvalue weighted by Crippen LogP contribution is -2.32. The number of amides is 1. The molecule has 0 spiro atoms. The fourth-order valence-corrected chi connectivity index (χ4v) is 3.84. The fourth-order valence-electron chi connectivity index (χ4n) is 3.04. The van der Waals surface area contributed by atoms with Crippen molar-refractivity contribution < 1.29 is 9.18 Å². The molecule has 2 aromatic heterocycles. The Hall–Kier alpha value is -3.39. The average molecular weight is 408 g/mol. The molecule has 0 aliphatic carbocycles. The second-order valence-electron chi connectivity index (χ2n) is 6.45. The number of hydrogen-bond acceptors (Lipinski definition) is 5. The molecule has 29 heavy (non-hydrogen) atoms. The molecule has 0 saturated carbocycles. The lowest BCUT2D eigenvalue weighted by atomic mass is 10.1. The van der Waals surface area contributed by atoms with Gasteiger partial charge in [-0.15, -0.1) is 16.4 Å². The minimum atomic E-state index is -0.387. The summed E-state index contributed by atoms with van der Waals surface area (Å²) in [6.07, 6.45) is 0.0655. The van der Waals surface area contributed by atoms with Gasteiger partial charge < -0.3 is 5.32 Å². The number of carbonyl (C=O) groups excluding carboxylic acids is 1. The number of rotatable bonds is 6. The van der Waals surface area contributed by atoms with Crippen LogP contribution in [0.1, 0.15) is 22.9 Å². The monoisotopic (exact) mass is 408 g/mol. The van der Waals surface area contributed by atoms with Gasteiger partial charge in [0.1, 0.15) is 11.3 Å². The molecule has 2 aromatic carbocycles. The molecule has 0 fully saturated rings. The summed E-state index contributed by atoms with van der Waals surface area (Å²) in [5, 5.41) is 13.3. The van der Waals surface area contributed by atoms with Crippen LogP contribution in [0.25, 0.3) is 10.9 Å². The van der Waals surface area contributed by atoms with Crippen molar-refractivity contribution in [3.05, 3.63) is 92.7 Å². The van der Waals surface area contributed by atoms with E-state index in [2.05, 4.69) is 15.6 Å². The summed E-state index contributed by atoms with van der Waals surface area (Å²) in [6, 6.07) is 16.4. The molecule has 1 amide bonds. The Balaban J connectivity index is 1.49. The third-order valence-corrected chi connectivity index (χ3v) is 5.45. The highest BCUT2D eigenvalue weighted by Gasteiger charge is 2.18. The topological polar surface area (TPSA) is 76.9 Å². The van der Waals surface area contributed by atoms with E-state index in [4.69, 9.17) is 0 Å². The maximum absolute atomic E-state index is 13.3. The molecule has 0 aliphatic heterocycles. The summed E-state index contributed by atoms with van der Waals surface area (Å²) in [5.74, 6) is -0.575. The molecular formula is C21H17FN4O2S. The van der Waals surface area contributed by atoms with E-state index in [1.165, 1.54) is 28.2 Å². The van der Waals surface area contributed by atoms with E-state index in [0.29, 0.717) is 10.9 Å². The van der Waals surface area contributed by atoms with Gasteiger partial charge in [-0.25, -0.2) is 9.07 Å². The van der Waals surface area contributed by atoms with Gasteiger partial charge in [0, 0.05) is 11.3 Å². The van der Waals surface area contributed by atoms with E-state index >= 15 is 0 Å². The van der Waals surface area contributed by atoms with E-state index in [9.17, 15) is 14.0 Å². The van der Waals surface area contributed by atoms with Gasteiger partial charge in [-0.05, 0) is 41.3 Å². The number of aryl methyl sites for hydroxylation is 1. The normalized spacial score (nSPS) is 12.0. The van der Waals surface area contributed by atoms with Crippen LogP contribution >= 0.6 is 11.3 Å². The highest BCUT2D eigenvalue weighted by molar-refractivity contribution is 7.10. The standard InChI is InChI=1S/C21H17FN4O2S/c22-15-9-7-14(8-10-15)20(18-6-3-13-29-18)23-19(27)11-12-26-21(28)16-4-1-2-5-17(16)24-25-26/h1-10,13,20H,11-12H2,(H,23,27). The Morgan fingerprint density at radius 3 is 2.66 bits per heavy atom. The lowest BCUT2D eigenvalue weighted by Gasteiger charge is -2.18. The summed E-state index contributed by atoms with van der Waals surface area (Å²) in [6.45, 7) is 0.114. The Morgan fingerprint density at radius 1 is 1.10 bits per heavy atom. The van der Waals surface area contributed by atoms with Crippen molar-refractivity contribution in [1.29, 1.82) is 0 Å². The van der Waals surface area contributed by atoms with Crippen LogP contribution < -0.4 is 10.9 Å². The molecule has 146 valence electrons. The van der Waals surface area contributed by atoms with Gasteiger partial charge in [-0.3, -0.25) is 9.59 Å². The number of benzene rings is 2. The van der Waals surface area contributed by atoms with Crippen LogP contribution in [-0.2, 0) is 11.3 Å².